The second kappa shape index (κ2) is 8.39. The Morgan fingerprint density at radius 2 is 2.08 bits per heavy atom. The molecule has 0 unspecified atom stereocenters. The zero-order valence-electron chi connectivity index (χ0n) is 12.8. The Morgan fingerprint density at radius 3 is 2.72 bits per heavy atom. The Morgan fingerprint density at radius 1 is 1.36 bits per heavy atom. The summed E-state index contributed by atoms with van der Waals surface area (Å²) in [6.07, 6.45) is 1.29. The summed E-state index contributed by atoms with van der Waals surface area (Å²) in [5.41, 5.74) is 0.453. The van der Waals surface area contributed by atoms with E-state index in [0.29, 0.717) is 31.0 Å². The number of hydrogen-bond acceptors (Lipinski definition) is 4. The van der Waals surface area contributed by atoms with Crippen LogP contribution in [-0.2, 0) is 4.79 Å². The number of nitriles is 1. The molecule has 0 aliphatic heterocycles. The summed E-state index contributed by atoms with van der Waals surface area (Å²) in [4.78, 5) is 12.4. The highest BCUT2D eigenvalue weighted by atomic mass is 79.9. The van der Waals surface area contributed by atoms with E-state index in [1.165, 1.54) is 19.3 Å². The minimum Gasteiger partial charge on any atom is -0.506 e. The van der Waals surface area contributed by atoms with Gasteiger partial charge in [0.1, 0.15) is 23.1 Å². The third-order valence-corrected chi connectivity index (χ3v) is 4.43. The lowest BCUT2D eigenvalue weighted by Gasteiger charge is -2.10. The maximum Gasteiger partial charge on any atom is 0.266 e. The SMILES string of the molecule is COc1ccc(Cl)cc1NC(=O)/C(C#N)=C/c1cc(Br)cc(Br)c1O. The average molecular weight is 487 g/mol. The molecule has 0 heterocycles. The number of ether oxygens (including phenoxy) is 1. The first-order valence-corrected chi connectivity index (χ1v) is 8.76. The van der Waals surface area contributed by atoms with E-state index in [0.717, 1.165) is 0 Å². The predicted molar refractivity (Wildman–Crippen MR) is 104 cm³/mol. The Kier molecular flexibility index (Phi) is 6.48. The molecule has 0 radical (unpaired) electrons. The highest BCUT2D eigenvalue weighted by Gasteiger charge is 2.15. The Hall–Kier alpha value is -2.01. The zero-order valence-corrected chi connectivity index (χ0v) is 16.7. The lowest BCUT2D eigenvalue weighted by Crippen LogP contribution is -2.14. The molecule has 0 aliphatic carbocycles. The molecule has 0 atom stereocenters. The van der Waals surface area contributed by atoms with E-state index in [1.807, 2.05) is 6.07 Å². The van der Waals surface area contributed by atoms with Gasteiger partial charge in [0.05, 0.1) is 17.3 Å². The predicted octanol–water partition coefficient (Wildman–Crippen LogP) is 5.12. The number of phenolic OH excluding ortho intramolecular Hbond substituents is 1. The number of nitrogens with one attached hydrogen (secondary N) is 1. The third-order valence-electron chi connectivity index (χ3n) is 3.13. The largest absolute Gasteiger partial charge is 0.506 e. The number of hydrogen-bond donors (Lipinski definition) is 2. The van der Waals surface area contributed by atoms with Gasteiger partial charge in [-0.25, -0.2) is 0 Å². The molecule has 2 aromatic rings. The smallest absolute Gasteiger partial charge is 0.266 e. The van der Waals surface area contributed by atoms with E-state index in [2.05, 4.69) is 37.2 Å². The van der Waals surface area contributed by atoms with Crippen LogP contribution in [0.15, 0.2) is 44.9 Å². The molecule has 5 nitrogen and oxygen atoms in total. The highest BCUT2D eigenvalue weighted by molar-refractivity contribution is 9.11. The summed E-state index contributed by atoms with van der Waals surface area (Å²) in [6.45, 7) is 0. The van der Waals surface area contributed by atoms with E-state index in [9.17, 15) is 15.2 Å². The minimum absolute atomic E-state index is 0.0795. The molecule has 128 valence electrons. The van der Waals surface area contributed by atoms with Gasteiger partial charge in [-0.05, 0) is 52.3 Å². The summed E-state index contributed by atoms with van der Waals surface area (Å²) in [6, 6.07) is 9.79. The van der Waals surface area contributed by atoms with Crippen LogP contribution in [0.2, 0.25) is 5.02 Å². The second-order valence-electron chi connectivity index (χ2n) is 4.79. The molecule has 8 heteroatoms. The lowest BCUT2D eigenvalue weighted by atomic mass is 10.1. The number of rotatable bonds is 4. The van der Waals surface area contributed by atoms with Gasteiger partial charge >= 0.3 is 0 Å². The Balaban J connectivity index is 2.37. The van der Waals surface area contributed by atoms with Gasteiger partial charge in [0.15, 0.2) is 0 Å². The fourth-order valence-electron chi connectivity index (χ4n) is 1.97. The maximum atomic E-state index is 12.4. The fourth-order valence-corrected chi connectivity index (χ4v) is 3.40. The standard InChI is InChI=1S/C17H11Br2ClN2O3/c1-25-15-3-2-12(20)7-14(15)22-17(24)10(8-21)4-9-5-11(18)6-13(19)16(9)23/h2-7,23H,1H3,(H,22,24)/b10-4+. The number of phenols is 1. The number of anilines is 1. The van der Waals surface area contributed by atoms with Crippen molar-refractivity contribution in [1.82, 2.24) is 0 Å². The number of carbonyl (C=O) groups is 1. The van der Waals surface area contributed by atoms with Crippen molar-refractivity contribution < 1.29 is 14.6 Å². The van der Waals surface area contributed by atoms with Crippen LogP contribution in [0.3, 0.4) is 0 Å². The van der Waals surface area contributed by atoms with Crippen molar-refractivity contribution in [1.29, 1.82) is 5.26 Å². The quantitative estimate of drug-likeness (QED) is 0.464. The molecule has 0 spiro atoms. The number of nitrogens with zero attached hydrogens (tertiary/aromatic N) is 1. The van der Waals surface area contributed by atoms with Crippen LogP contribution in [0, 0.1) is 11.3 Å². The minimum atomic E-state index is -0.654. The van der Waals surface area contributed by atoms with Crippen LogP contribution in [0.25, 0.3) is 6.08 Å². The molecule has 2 N–H and O–H groups in total. The number of aromatic hydroxyl groups is 1. The second-order valence-corrected chi connectivity index (χ2v) is 7.00. The van der Waals surface area contributed by atoms with Crippen molar-refractivity contribution in [2.75, 3.05) is 12.4 Å². The van der Waals surface area contributed by atoms with Crippen LogP contribution >= 0.6 is 43.5 Å². The van der Waals surface area contributed by atoms with E-state index >= 15 is 0 Å². The molecule has 0 saturated heterocycles. The number of halogens is 3. The summed E-state index contributed by atoms with van der Waals surface area (Å²) in [7, 11) is 1.46. The van der Waals surface area contributed by atoms with Crippen molar-refractivity contribution in [3.05, 3.63) is 55.4 Å². The van der Waals surface area contributed by atoms with Gasteiger partial charge < -0.3 is 15.2 Å². The Bertz CT molecular complexity index is 907. The van der Waals surface area contributed by atoms with Crippen LogP contribution in [0.5, 0.6) is 11.5 Å². The molecule has 1 amide bonds. The van der Waals surface area contributed by atoms with Gasteiger partial charge in [-0.1, -0.05) is 27.5 Å². The van der Waals surface area contributed by atoms with E-state index in [4.69, 9.17) is 16.3 Å². The number of amides is 1. The van der Waals surface area contributed by atoms with Crippen LogP contribution in [-0.4, -0.2) is 18.1 Å². The normalized spacial score (nSPS) is 10.9. The zero-order chi connectivity index (χ0) is 18.6. The van der Waals surface area contributed by atoms with Crippen LogP contribution < -0.4 is 10.1 Å². The first kappa shape index (κ1) is 19.3. The first-order chi connectivity index (χ1) is 11.8. The van der Waals surface area contributed by atoms with E-state index in [1.54, 1.807) is 24.3 Å². The molecular formula is C17H11Br2ClN2O3. The molecule has 0 aromatic heterocycles. The topological polar surface area (TPSA) is 82.3 Å². The van der Waals surface area contributed by atoms with Crippen molar-refractivity contribution in [3.63, 3.8) is 0 Å². The highest BCUT2D eigenvalue weighted by Crippen LogP contribution is 2.33. The van der Waals surface area contributed by atoms with E-state index in [-0.39, 0.29) is 11.3 Å². The van der Waals surface area contributed by atoms with Gasteiger partial charge in [-0.3, -0.25) is 4.79 Å². The summed E-state index contributed by atoms with van der Waals surface area (Å²) < 4.78 is 6.27. The van der Waals surface area contributed by atoms with Crippen LogP contribution in [0.1, 0.15) is 5.56 Å². The number of carbonyl (C=O) groups excluding carboxylic acids is 1. The molecule has 0 saturated carbocycles. The van der Waals surface area contributed by atoms with Crippen LogP contribution in [0.4, 0.5) is 5.69 Å². The number of benzene rings is 2. The van der Waals surface area contributed by atoms with Gasteiger partial charge in [-0.2, -0.15) is 5.26 Å². The van der Waals surface area contributed by atoms with Crippen molar-refractivity contribution in [3.8, 4) is 17.6 Å². The Labute approximate surface area is 166 Å². The molecular weight excluding hydrogens is 475 g/mol. The summed E-state index contributed by atoms with van der Waals surface area (Å²) in [5.74, 6) is -0.328. The molecule has 2 rings (SSSR count). The van der Waals surface area contributed by atoms with E-state index < -0.39 is 5.91 Å². The van der Waals surface area contributed by atoms with Gasteiger partial charge in [-0.15, -0.1) is 0 Å². The monoisotopic (exact) mass is 484 g/mol. The molecule has 0 aliphatic rings. The number of methoxy groups -OCH3 is 1. The summed E-state index contributed by atoms with van der Waals surface area (Å²) in [5, 5.41) is 22.4. The molecule has 0 fully saturated rings. The fraction of sp³-hybridized carbons (Fsp3) is 0.0588. The lowest BCUT2D eigenvalue weighted by molar-refractivity contribution is -0.112. The first-order valence-electron chi connectivity index (χ1n) is 6.80. The van der Waals surface area contributed by atoms with Crippen molar-refractivity contribution >= 4 is 61.1 Å². The van der Waals surface area contributed by atoms with Gasteiger partial charge in [0.2, 0.25) is 0 Å². The van der Waals surface area contributed by atoms with Gasteiger partial charge in [0.25, 0.3) is 5.91 Å². The maximum absolute atomic E-state index is 12.4. The molecule has 25 heavy (non-hydrogen) atoms. The molecule has 0 bridgehead atoms. The summed E-state index contributed by atoms with van der Waals surface area (Å²) >= 11 is 12.4. The third kappa shape index (κ3) is 4.75. The van der Waals surface area contributed by atoms with Gasteiger partial charge in [0, 0.05) is 15.1 Å². The van der Waals surface area contributed by atoms with Crippen molar-refractivity contribution in [2.24, 2.45) is 0 Å². The average Bonchev–Trinajstić information content (AvgIpc) is 2.56. The van der Waals surface area contributed by atoms with Crippen molar-refractivity contribution in [2.45, 2.75) is 0 Å². The molecule has 2 aromatic carbocycles.